The minimum Gasteiger partial charge on any atom is -0.389 e. The molecule has 0 spiro atoms. The molecule has 0 radical (unpaired) electrons. The van der Waals surface area contributed by atoms with E-state index < -0.39 is 22.0 Å². The maximum absolute atomic E-state index is 11.4. The van der Waals surface area contributed by atoms with E-state index in [1.165, 1.54) is 0 Å². The third-order valence-electron chi connectivity index (χ3n) is 3.57. The largest absolute Gasteiger partial charge is 0.389 e. The fourth-order valence-electron chi connectivity index (χ4n) is 2.59. The first-order chi connectivity index (χ1) is 10.3. The molecule has 3 atom stereocenters. The van der Waals surface area contributed by atoms with Crippen LogP contribution in [-0.2, 0) is 14.6 Å². The summed E-state index contributed by atoms with van der Waals surface area (Å²) in [6.45, 7) is 1.60. The molecular formula is C14H19Cl2NO4S. The molecule has 1 aromatic rings. The molecule has 0 aliphatic carbocycles. The van der Waals surface area contributed by atoms with Crippen molar-refractivity contribution in [3.05, 3.63) is 33.8 Å². The third kappa shape index (κ3) is 4.81. The summed E-state index contributed by atoms with van der Waals surface area (Å²) < 4.78 is 28.6. The van der Waals surface area contributed by atoms with Gasteiger partial charge in [-0.05, 0) is 17.7 Å². The molecule has 2 N–H and O–H groups in total. The molecule has 0 amide bonds. The molecular weight excluding hydrogens is 349 g/mol. The average molecular weight is 368 g/mol. The molecule has 1 aliphatic heterocycles. The number of hydrogen-bond donors (Lipinski definition) is 2. The van der Waals surface area contributed by atoms with Crippen molar-refractivity contribution in [1.82, 2.24) is 5.32 Å². The van der Waals surface area contributed by atoms with Crippen LogP contribution in [0.2, 0.25) is 10.0 Å². The zero-order valence-electron chi connectivity index (χ0n) is 12.1. The highest BCUT2D eigenvalue weighted by molar-refractivity contribution is 7.90. The van der Waals surface area contributed by atoms with E-state index in [1.54, 1.807) is 12.1 Å². The summed E-state index contributed by atoms with van der Waals surface area (Å²) in [6, 6.07) is 5.23. The zero-order chi connectivity index (χ0) is 16.3. The summed E-state index contributed by atoms with van der Waals surface area (Å²) in [5.74, 6) is -0.552. The van der Waals surface area contributed by atoms with Crippen molar-refractivity contribution in [1.29, 1.82) is 0 Å². The fourth-order valence-corrected chi connectivity index (χ4v) is 3.71. The molecule has 0 bridgehead atoms. The Kier molecular flexibility index (Phi) is 6.10. The van der Waals surface area contributed by atoms with Gasteiger partial charge in [-0.3, -0.25) is 0 Å². The lowest BCUT2D eigenvalue weighted by atomic mass is 9.90. The molecule has 0 saturated carbocycles. The van der Waals surface area contributed by atoms with Crippen LogP contribution >= 0.6 is 23.2 Å². The fraction of sp³-hybridized carbons (Fsp3) is 0.571. The molecule has 8 heteroatoms. The second-order valence-corrected chi connectivity index (χ2v) is 8.48. The number of hydrogen-bond acceptors (Lipinski definition) is 5. The summed E-state index contributed by atoms with van der Waals surface area (Å²) >= 11 is 12.0. The van der Waals surface area contributed by atoms with Gasteiger partial charge in [0, 0.05) is 25.3 Å². The van der Waals surface area contributed by atoms with Gasteiger partial charge in [-0.2, -0.15) is 0 Å². The Hall–Kier alpha value is -0.370. The van der Waals surface area contributed by atoms with Crippen LogP contribution in [0, 0.1) is 0 Å². The zero-order valence-corrected chi connectivity index (χ0v) is 14.5. The Morgan fingerprint density at radius 3 is 2.77 bits per heavy atom. The standard InChI is InChI=1S/C14H19Cl2NO4S/c1-22(19,20)8-13(18)14-10(7-17-4-5-21-14)9-2-3-11(15)12(16)6-9/h2-3,6,10,13-14,17-18H,4-5,7-8H2,1H3. The van der Waals surface area contributed by atoms with Crippen molar-refractivity contribution in [2.45, 2.75) is 18.1 Å². The number of halogens is 2. The van der Waals surface area contributed by atoms with Crippen LogP contribution in [0.15, 0.2) is 18.2 Å². The van der Waals surface area contributed by atoms with E-state index in [2.05, 4.69) is 5.32 Å². The SMILES string of the molecule is CS(=O)(=O)CC(O)C1OCCNCC1c1ccc(Cl)c(Cl)c1. The van der Waals surface area contributed by atoms with Crippen LogP contribution < -0.4 is 5.32 Å². The van der Waals surface area contributed by atoms with E-state index in [1.807, 2.05) is 6.07 Å². The number of aliphatic hydroxyl groups is 1. The van der Waals surface area contributed by atoms with Crippen LogP contribution in [0.4, 0.5) is 0 Å². The lowest BCUT2D eigenvalue weighted by Crippen LogP contribution is -2.40. The van der Waals surface area contributed by atoms with Crippen molar-refractivity contribution < 1.29 is 18.3 Å². The molecule has 2 rings (SSSR count). The minimum absolute atomic E-state index is 0.214. The van der Waals surface area contributed by atoms with Crippen LogP contribution in [0.5, 0.6) is 0 Å². The van der Waals surface area contributed by atoms with Gasteiger partial charge < -0.3 is 15.2 Å². The Labute approximate surface area is 140 Å². The summed E-state index contributed by atoms with van der Waals surface area (Å²) in [4.78, 5) is 0. The Bertz CT molecular complexity index is 623. The second-order valence-electron chi connectivity index (χ2n) is 5.48. The van der Waals surface area contributed by atoms with Gasteiger partial charge in [-0.25, -0.2) is 8.42 Å². The minimum atomic E-state index is -3.30. The molecule has 1 aromatic carbocycles. The van der Waals surface area contributed by atoms with Gasteiger partial charge >= 0.3 is 0 Å². The highest BCUT2D eigenvalue weighted by atomic mass is 35.5. The van der Waals surface area contributed by atoms with Crippen molar-refractivity contribution in [3.63, 3.8) is 0 Å². The molecule has 1 fully saturated rings. The smallest absolute Gasteiger partial charge is 0.150 e. The van der Waals surface area contributed by atoms with Gasteiger partial charge in [0.15, 0.2) is 0 Å². The van der Waals surface area contributed by atoms with Crippen LogP contribution in [0.1, 0.15) is 11.5 Å². The molecule has 1 saturated heterocycles. The van der Waals surface area contributed by atoms with Gasteiger partial charge in [0.2, 0.25) is 0 Å². The quantitative estimate of drug-likeness (QED) is 0.842. The highest BCUT2D eigenvalue weighted by Gasteiger charge is 2.33. The predicted octanol–water partition coefficient (Wildman–Crippen LogP) is 1.47. The van der Waals surface area contributed by atoms with Crippen molar-refractivity contribution in [3.8, 4) is 0 Å². The second kappa shape index (κ2) is 7.47. The highest BCUT2D eigenvalue weighted by Crippen LogP contribution is 2.31. The topological polar surface area (TPSA) is 75.6 Å². The first kappa shape index (κ1) is 18.0. The Balaban J connectivity index is 2.29. The van der Waals surface area contributed by atoms with Crippen molar-refractivity contribution in [2.75, 3.05) is 31.7 Å². The molecule has 3 unspecified atom stereocenters. The van der Waals surface area contributed by atoms with E-state index in [0.29, 0.717) is 29.7 Å². The first-order valence-corrected chi connectivity index (χ1v) is 9.72. The van der Waals surface area contributed by atoms with Crippen LogP contribution in [-0.4, -0.2) is 57.4 Å². The number of benzene rings is 1. The first-order valence-electron chi connectivity index (χ1n) is 6.91. The number of aliphatic hydroxyl groups excluding tert-OH is 1. The van der Waals surface area contributed by atoms with E-state index in [0.717, 1.165) is 11.8 Å². The Morgan fingerprint density at radius 2 is 2.14 bits per heavy atom. The lowest BCUT2D eigenvalue weighted by molar-refractivity contribution is -0.0309. The van der Waals surface area contributed by atoms with Crippen molar-refractivity contribution >= 4 is 33.0 Å². The Morgan fingerprint density at radius 1 is 1.41 bits per heavy atom. The molecule has 5 nitrogen and oxygen atoms in total. The number of ether oxygens (including phenoxy) is 1. The molecule has 0 aromatic heterocycles. The summed E-state index contributed by atoms with van der Waals surface area (Å²) in [6.07, 6.45) is -0.629. The van der Waals surface area contributed by atoms with E-state index >= 15 is 0 Å². The lowest BCUT2D eigenvalue weighted by Gasteiger charge is -2.29. The summed E-state index contributed by atoms with van der Waals surface area (Å²) in [7, 11) is -3.30. The number of nitrogens with one attached hydrogen (secondary N) is 1. The summed E-state index contributed by atoms with van der Waals surface area (Å²) in [5, 5.41) is 14.4. The maximum Gasteiger partial charge on any atom is 0.150 e. The number of rotatable bonds is 4. The third-order valence-corrected chi connectivity index (χ3v) is 5.26. The van der Waals surface area contributed by atoms with Gasteiger partial charge in [0.05, 0.1) is 34.6 Å². The van der Waals surface area contributed by atoms with Crippen LogP contribution in [0.25, 0.3) is 0 Å². The number of sulfone groups is 1. The average Bonchev–Trinajstić information content (AvgIpc) is 2.65. The van der Waals surface area contributed by atoms with E-state index in [-0.39, 0.29) is 11.7 Å². The van der Waals surface area contributed by atoms with Gasteiger partial charge in [0.25, 0.3) is 0 Å². The maximum atomic E-state index is 11.4. The normalized spacial score (nSPS) is 24.7. The molecule has 1 aliphatic rings. The van der Waals surface area contributed by atoms with E-state index in [4.69, 9.17) is 27.9 Å². The predicted molar refractivity (Wildman–Crippen MR) is 87.5 cm³/mol. The summed E-state index contributed by atoms with van der Waals surface area (Å²) in [5.41, 5.74) is 0.848. The van der Waals surface area contributed by atoms with Crippen molar-refractivity contribution in [2.24, 2.45) is 0 Å². The van der Waals surface area contributed by atoms with E-state index in [9.17, 15) is 13.5 Å². The van der Waals surface area contributed by atoms with Crippen LogP contribution in [0.3, 0.4) is 0 Å². The molecule has 1 heterocycles. The molecule has 124 valence electrons. The monoisotopic (exact) mass is 367 g/mol. The van der Waals surface area contributed by atoms with Gasteiger partial charge in [-0.1, -0.05) is 29.3 Å². The van der Waals surface area contributed by atoms with Gasteiger partial charge in [0.1, 0.15) is 9.84 Å². The molecule has 22 heavy (non-hydrogen) atoms. The van der Waals surface area contributed by atoms with Gasteiger partial charge in [-0.15, -0.1) is 0 Å².